The number of nitrogens with one attached hydrogen (secondary N) is 1. The van der Waals surface area contributed by atoms with E-state index in [-0.39, 0.29) is 0 Å². The number of benzene rings is 1. The van der Waals surface area contributed by atoms with Crippen LogP contribution in [0.4, 0.5) is 0 Å². The standard InChI is InChI=1S/C13H18N2S/c1-4-7-14-10(3)13-15-11-6-5-9(2)8-12(11)16-13/h5-6,8,10,14H,4,7H2,1-3H3. The van der Waals surface area contributed by atoms with E-state index < -0.39 is 0 Å². The van der Waals surface area contributed by atoms with Crippen molar-refractivity contribution in [3.8, 4) is 0 Å². The molecule has 1 aromatic heterocycles. The van der Waals surface area contributed by atoms with Gasteiger partial charge in [-0.1, -0.05) is 13.0 Å². The van der Waals surface area contributed by atoms with E-state index in [0.29, 0.717) is 6.04 Å². The summed E-state index contributed by atoms with van der Waals surface area (Å²) in [7, 11) is 0. The molecule has 0 bridgehead atoms. The lowest BCUT2D eigenvalue weighted by molar-refractivity contribution is 0.569. The number of fused-ring (bicyclic) bond motifs is 1. The van der Waals surface area contributed by atoms with Gasteiger partial charge in [0, 0.05) is 0 Å². The van der Waals surface area contributed by atoms with Gasteiger partial charge >= 0.3 is 0 Å². The summed E-state index contributed by atoms with van der Waals surface area (Å²) in [5.74, 6) is 0. The molecule has 0 saturated heterocycles. The third-order valence-electron chi connectivity index (χ3n) is 2.63. The van der Waals surface area contributed by atoms with Crippen molar-refractivity contribution in [2.24, 2.45) is 0 Å². The van der Waals surface area contributed by atoms with Crippen molar-refractivity contribution >= 4 is 21.6 Å². The van der Waals surface area contributed by atoms with Crippen LogP contribution >= 0.6 is 11.3 Å². The molecule has 1 unspecified atom stereocenters. The maximum Gasteiger partial charge on any atom is 0.111 e. The molecule has 1 N–H and O–H groups in total. The number of aromatic nitrogens is 1. The molecule has 1 heterocycles. The molecular weight excluding hydrogens is 216 g/mol. The zero-order valence-electron chi connectivity index (χ0n) is 10.1. The molecular formula is C13H18N2S. The van der Waals surface area contributed by atoms with Crippen LogP contribution in [-0.2, 0) is 0 Å². The van der Waals surface area contributed by atoms with Gasteiger partial charge in [0.1, 0.15) is 5.01 Å². The largest absolute Gasteiger partial charge is 0.308 e. The summed E-state index contributed by atoms with van der Waals surface area (Å²) in [6.07, 6.45) is 1.16. The Morgan fingerprint density at radius 2 is 2.25 bits per heavy atom. The monoisotopic (exact) mass is 234 g/mol. The second-order valence-corrected chi connectivity index (χ2v) is 5.26. The first-order chi connectivity index (χ1) is 7.70. The van der Waals surface area contributed by atoms with Gasteiger partial charge in [0.05, 0.1) is 16.3 Å². The molecule has 0 spiro atoms. The van der Waals surface area contributed by atoms with Gasteiger partial charge in [-0.2, -0.15) is 0 Å². The van der Waals surface area contributed by atoms with Crippen LogP contribution in [0.25, 0.3) is 10.2 Å². The van der Waals surface area contributed by atoms with Gasteiger partial charge in [-0.05, 0) is 44.5 Å². The Kier molecular flexibility index (Phi) is 3.56. The van der Waals surface area contributed by atoms with Gasteiger partial charge in [0.2, 0.25) is 0 Å². The van der Waals surface area contributed by atoms with Crippen molar-refractivity contribution < 1.29 is 0 Å². The summed E-state index contributed by atoms with van der Waals surface area (Å²) in [4.78, 5) is 4.66. The maximum absolute atomic E-state index is 4.66. The van der Waals surface area contributed by atoms with Crippen molar-refractivity contribution in [3.63, 3.8) is 0 Å². The zero-order chi connectivity index (χ0) is 11.5. The Labute approximate surface area is 101 Å². The van der Waals surface area contributed by atoms with Gasteiger partial charge in [0.25, 0.3) is 0 Å². The fraction of sp³-hybridized carbons (Fsp3) is 0.462. The minimum absolute atomic E-state index is 0.359. The fourth-order valence-electron chi connectivity index (χ4n) is 1.68. The highest BCUT2D eigenvalue weighted by Gasteiger charge is 2.10. The van der Waals surface area contributed by atoms with E-state index >= 15 is 0 Å². The summed E-state index contributed by atoms with van der Waals surface area (Å²) in [5.41, 5.74) is 2.42. The third kappa shape index (κ3) is 2.42. The van der Waals surface area contributed by atoms with E-state index in [1.807, 2.05) is 0 Å². The number of rotatable bonds is 4. The smallest absolute Gasteiger partial charge is 0.111 e. The topological polar surface area (TPSA) is 24.9 Å². The summed E-state index contributed by atoms with van der Waals surface area (Å²) in [6, 6.07) is 6.80. The molecule has 2 aromatic rings. The average molecular weight is 234 g/mol. The molecule has 0 aliphatic rings. The Bertz CT molecular complexity index is 476. The predicted molar refractivity (Wildman–Crippen MR) is 71.1 cm³/mol. The van der Waals surface area contributed by atoms with Crippen molar-refractivity contribution in [1.29, 1.82) is 0 Å². The van der Waals surface area contributed by atoms with E-state index in [1.54, 1.807) is 11.3 Å². The molecule has 0 aliphatic heterocycles. The lowest BCUT2D eigenvalue weighted by Gasteiger charge is -2.08. The lowest BCUT2D eigenvalue weighted by Crippen LogP contribution is -2.18. The van der Waals surface area contributed by atoms with Crippen LogP contribution in [0.3, 0.4) is 0 Å². The molecule has 3 heteroatoms. The minimum Gasteiger partial charge on any atom is -0.308 e. The second-order valence-electron chi connectivity index (χ2n) is 4.20. The minimum atomic E-state index is 0.359. The molecule has 0 radical (unpaired) electrons. The number of aryl methyl sites for hydroxylation is 1. The Hall–Kier alpha value is -0.930. The number of hydrogen-bond acceptors (Lipinski definition) is 3. The van der Waals surface area contributed by atoms with Crippen molar-refractivity contribution in [3.05, 3.63) is 28.8 Å². The number of thiazole rings is 1. The van der Waals surface area contributed by atoms with Crippen LogP contribution in [0.1, 0.15) is 36.9 Å². The summed E-state index contributed by atoms with van der Waals surface area (Å²) in [5, 5.41) is 4.66. The fourth-order valence-corrected chi connectivity index (χ4v) is 2.78. The summed E-state index contributed by atoms with van der Waals surface area (Å²) in [6.45, 7) is 7.54. The van der Waals surface area contributed by atoms with Crippen LogP contribution in [-0.4, -0.2) is 11.5 Å². The summed E-state index contributed by atoms with van der Waals surface area (Å²) >= 11 is 1.80. The normalized spacial score (nSPS) is 13.2. The van der Waals surface area contributed by atoms with Crippen LogP contribution in [0.2, 0.25) is 0 Å². The number of hydrogen-bond donors (Lipinski definition) is 1. The van der Waals surface area contributed by atoms with Gasteiger partial charge in [-0.3, -0.25) is 0 Å². The first-order valence-electron chi connectivity index (χ1n) is 5.81. The Morgan fingerprint density at radius 1 is 1.44 bits per heavy atom. The Morgan fingerprint density at radius 3 is 3.00 bits per heavy atom. The van der Waals surface area contributed by atoms with Crippen LogP contribution in [0.15, 0.2) is 18.2 Å². The quantitative estimate of drug-likeness (QED) is 0.873. The molecule has 1 aromatic carbocycles. The molecule has 86 valence electrons. The molecule has 1 atom stereocenters. The van der Waals surface area contributed by atoms with Crippen molar-refractivity contribution in [2.75, 3.05) is 6.54 Å². The van der Waals surface area contributed by atoms with Crippen LogP contribution in [0.5, 0.6) is 0 Å². The van der Waals surface area contributed by atoms with Crippen LogP contribution in [0, 0.1) is 6.92 Å². The molecule has 2 rings (SSSR count). The first-order valence-corrected chi connectivity index (χ1v) is 6.63. The molecule has 0 fully saturated rings. The average Bonchev–Trinajstić information content (AvgIpc) is 2.68. The van der Waals surface area contributed by atoms with E-state index in [2.05, 4.69) is 49.3 Å². The van der Waals surface area contributed by atoms with Crippen molar-refractivity contribution in [2.45, 2.75) is 33.2 Å². The number of nitrogens with zero attached hydrogens (tertiary/aromatic N) is 1. The van der Waals surface area contributed by atoms with Gasteiger partial charge in [-0.25, -0.2) is 4.98 Å². The van der Waals surface area contributed by atoms with Crippen molar-refractivity contribution in [1.82, 2.24) is 10.3 Å². The highest BCUT2D eigenvalue weighted by molar-refractivity contribution is 7.18. The SMILES string of the molecule is CCCNC(C)c1nc2ccc(C)cc2s1. The Balaban J connectivity index is 2.25. The first kappa shape index (κ1) is 11.6. The molecule has 0 amide bonds. The van der Waals surface area contributed by atoms with Gasteiger partial charge < -0.3 is 5.32 Å². The van der Waals surface area contributed by atoms with E-state index in [9.17, 15) is 0 Å². The van der Waals surface area contributed by atoms with Gasteiger partial charge in [-0.15, -0.1) is 11.3 Å². The second kappa shape index (κ2) is 4.93. The van der Waals surface area contributed by atoms with E-state index in [0.717, 1.165) is 18.5 Å². The van der Waals surface area contributed by atoms with E-state index in [4.69, 9.17) is 0 Å². The third-order valence-corrected chi connectivity index (χ3v) is 3.83. The van der Waals surface area contributed by atoms with Gasteiger partial charge in [0.15, 0.2) is 0 Å². The highest BCUT2D eigenvalue weighted by atomic mass is 32.1. The zero-order valence-corrected chi connectivity index (χ0v) is 10.9. The maximum atomic E-state index is 4.66. The summed E-state index contributed by atoms with van der Waals surface area (Å²) < 4.78 is 1.29. The predicted octanol–water partition coefficient (Wildman–Crippen LogP) is 3.67. The molecule has 16 heavy (non-hydrogen) atoms. The van der Waals surface area contributed by atoms with Crippen LogP contribution < -0.4 is 5.32 Å². The van der Waals surface area contributed by atoms with E-state index in [1.165, 1.54) is 15.3 Å². The molecule has 0 aliphatic carbocycles. The molecule has 2 nitrogen and oxygen atoms in total. The molecule has 0 saturated carbocycles. The lowest BCUT2D eigenvalue weighted by atomic mass is 10.2. The highest BCUT2D eigenvalue weighted by Crippen LogP contribution is 2.26.